The lowest BCUT2D eigenvalue weighted by Crippen LogP contribution is -2.10. The van der Waals surface area contributed by atoms with E-state index >= 15 is 0 Å². The van der Waals surface area contributed by atoms with Crippen molar-refractivity contribution in [1.29, 1.82) is 0 Å². The Morgan fingerprint density at radius 3 is 3.00 bits per heavy atom. The maximum absolute atomic E-state index is 3.73. The summed E-state index contributed by atoms with van der Waals surface area (Å²) in [6, 6.07) is 9.06. The molecule has 94 valence electrons. The van der Waals surface area contributed by atoms with Gasteiger partial charge in [-0.25, -0.2) is 0 Å². The largest absolute Gasteiger partial charge is 0.0891 e. The highest BCUT2D eigenvalue weighted by atomic mass is 79.9. The van der Waals surface area contributed by atoms with Gasteiger partial charge in [-0.3, -0.25) is 0 Å². The molecule has 2 unspecified atom stereocenters. The van der Waals surface area contributed by atoms with Crippen molar-refractivity contribution in [3.05, 3.63) is 35.4 Å². The summed E-state index contributed by atoms with van der Waals surface area (Å²) in [5.41, 5.74) is 3.25. The first kappa shape index (κ1) is 13.1. The predicted molar refractivity (Wildman–Crippen MR) is 79.0 cm³/mol. The molecule has 1 aliphatic rings. The number of fused-ring (bicyclic) bond motifs is 1. The van der Waals surface area contributed by atoms with Crippen molar-refractivity contribution in [2.45, 2.75) is 62.6 Å². The van der Waals surface area contributed by atoms with Crippen LogP contribution in [0, 0.1) is 0 Å². The molecule has 2 rings (SSSR count). The summed E-state index contributed by atoms with van der Waals surface area (Å²) in [6.07, 6.45) is 9.39. The summed E-state index contributed by atoms with van der Waals surface area (Å²) in [6.45, 7) is 2.26. The van der Waals surface area contributed by atoms with Crippen LogP contribution in [-0.4, -0.2) is 4.83 Å². The summed E-state index contributed by atoms with van der Waals surface area (Å²) >= 11 is 3.73. The number of rotatable bonds is 5. The van der Waals surface area contributed by atoms with Crippen LogP contribution in [0.3, 0.4) is 0 Å². The molecule has 17 heavy (non-hydrogen) atoms. The Hall–Kier alpha value is -0.300. The molecule has 1 heteroatoms. The van der Waals surface area contributed by atoms with E-state index in [0.717, 1.165) is 10.7 Å². The molecule has 0 nitrogen and oxygen atoms in total. The van der Waals surface area contributed by atoms with Crippen molar-refractivity contribution in [2.24, 2.45) is 0 Å². The van der Waals surface area contributed by atoms with Gasteiger partial charge in [0.05, 0.1) is 0 Å². The molecule has 0 aliphatic heterocycles. The van der Waals surface area contributed by atoms with Crippen LogP contribution in [0.15, 0.2) is 24.3 Å². The highest BCUT2D eigenvalue weighted by Crippen LogP contribution is 2.35. The smallest absolute Gasteiger partial charge is 0.0143 e. The van der Waals surface area contributed by atoms with E-state index in [0.29, 0.717) is 0 Å². The number of aryl methyl sites for hydroxylation is 1. The van der Waals surface area contributed by atoms with E-state index in [9.17, 15) is 0 Å². The second-order valence-electron chi connectivity index (χ2n) is 5.22. The van der Waals surface area contributed by atoms with Crippen LogP contribution < -0.4 is 0 Å². The second kappa shape index (κ2) is 6.58. The standard InChI is InChI=1S/C16H23Br/c1-2-15(17)11-6-10-14-9-5-8-13-7-3-4-12-16(13)14/h3-4,7,12,14-15H,2,5-6,8-11H2,1H3. The fourth-order valence-electron chi connectivity index (χ4n) is 2.94. The van der Waals surface area contributed by atoms with Gasteiger partial charge in [0.1, 0.15) is 0 Å². The minimum absolute atomic E-state index is 0.723. The fourth-order valence-corrected chi connectivity index (χ4v) is 3.27. The number of alkyl halides is 1. The average molecular weight is 295 g/mol. The number of hydrogen-bond acceptors (Lipinski definition) is 0. The SMILES string of the molecule is CCC(Br)CCCC1CCCc2ccccc21. The molecule has 1 aromatic rings. The van der Waals surface area contributed by atoms with Crippen molar-refractivity contribution < 1.29 is 0 Å². The fraction of sp³-hybridized carbons (Fsp3) is 0.625. The van der Waals surface area contributed by atoms with Gasteiger partial charge in [-0.1, -0.05) is 53.5 Å². The third kappa shape index (κ3) is 3.58. The zero-order valence-corrected chi connectivity index (χ0v) is 12.4. The van der Waals surface area contributed by atoms with Crippen molar-refractivity contribution >= 4 is 15.9 Å². The van der Waals surface area contributed by atoms with Crippen LogP contribution in [0.25, 0.3) is 0 Å². The minimum atomic E-state index is 0.723. The third-order valence-electron chi connectivity index (χ3n) is 4.01. The summed E-state index contributed by atoms with van der Waals surface area (Å²) in [4.78, 5) is 0.723. The average Bonchev–Trinajstić information content (AvgIpc) is 2.39. The maximum Gasteiger partial charge on any atom is 0.0143 e. The van der Waals surface area contributed by atoms with Crippen molar-refractivity contribution in [3.8, 4) is 0 Å². The van der Waals surface area contributed by atoms with E-state index < -0.39 is 0 Å². The predicted octanol–water partition coefficient (Wildman–Crippen LogP) is 5.45. The Labute approximate surface area is 114 Å². The molecule has 0 N–H and O–H groups in total. The van der Waals surface area contributed by atoms with Crippen molar-refractivity contribution in [2.75, 3.05) is 0 Å². The van der Waals surface area contributed by atoms with Crippen LogP contribution in [0.5, 0.6) is 0 Å². The van der Waals surface area contributed by atoms with Crippen LogP contribution in [-0.2, 0) is 6.42 Å². The normalized spacial score (nSPS) is 20.9. The lowest BCUT2D eigenvalue weighted by atomic mass is 9.80. The Bertz CT molecular complexity index is 345. The van der Waals surface area contributed by atoms with E-state index in [1.165, 1.54) is 44.9 Å². The molecule has 0 aromatic heterocycles. The first-order valence-corrected chi connectivity index (χ1v) is 7.94. The first-order chi connectivity index (χ1) is 8.31. The molecule has 1 aliphatic carbocycles. The molecule has 0 fully saturated rings. The molecule has 0 spiro atoms. The van der Waals surface area contributed by atoms with E-state index in [2.05, 4.69) is 47.1 Å². The van der Waals surface area contributed by atoms with E-state index in [1.54, 1.807) is 11.1 Å². The van der Waals surface area contributed by atoms with Gasteiger partial charge in [-0.15, -0.1) is 0 Å². The summed E-state index contributed by atoms with van der Waals surface area (Å²) in [7, 11) is 0. The molecule has 1 aromatic carbocycles. The highest BCUT2D eigenvalue weighted by Gasteiger charge is 2.19. The lowest BCUT2D eigenvalue weighted by molar-refractivity contribution is 0.492. The van der Waals surface area contributed by atoms with Gasteiger partial charge in [0, 0.05) is 4.83 Å². The molecular formula is C16H23Br. The molecule has 0 bridgehead atoms. The Morgan fingerprint density at radius 2 is 2.18 bits per heavy atom. The Morgan fingerprint density at radius 1 is 1.35 bits per heavy atom. The number of hydrogen-bond donors (Lipinski definition) is 0. The van der Waals surface area contributed by atoms with Crippen molar-refractivity contribution in [1.82, 2.24) is 0 Å². The van der Waals surface area contributed by atoms with Crippen LogP contribution >= 0.6 is 15.9 Å². The van der Waals surface area contributed by atoms with Gasteiger partial charge in [-0.2, -0.15) is 0 Å². The van der Waals surface area contributed by atoms with E-state index in [-0.39, 0.29) is 0 Å². The Balaban J connectivity index is 1.90. The van der Waals surface area contributed by atoms with E-state index in [4.69, 9.17) is 0 Å². The molecule has 0 amide bonds. The molecular weight excluding hydrogens is 272 g/mol. The molecule has 0 radical (unpaired) electrons. The van der Waals surface area contributed by atoms with Crippen LogP contribution in [0.2, 0.25) is 0 Å². The Kier molecular flexibility index (Phi) is 5.09. The quantitative estimate of drug-likeness (QED) is 0.634. The molecule has 0 saturated carbocycles. The molecule has 2 atom stereocenters. The number of benzene rings is 1. The van der Waals surface area contributed by atoms with E-state index in [1.807, 2.05) is 0 Å². The van der Waals surface area contributed by atoms with Gasteiger partial charge >= 0.3 is 0 Å². The molecule has 0 heterocycles. The third-order valence-corrected chi connectivity index (χ3v) is 5.11. The monoisotopic (exact) mass is 294 g/mol. The van der Waals surface area contributed by atoms with Gasteiger partial charge in [-0.05, 0) is 55.6 Å². The van der Waals surface area contributed by atoms with Crippen LogP contribution in [0.4, 0.5) is 0 Å². The second-order valence-corrected chi connectivity index (χ2v) is 6.52. The van der Waals surface area contributed by atoms with Gasteiger partial charge < -0.3 is 0 Å². The van der Waals surface area contributed by atoms with Gasteiger partial charge in [0.15, 0.2) is 0 Å². The summed E-state index contributed by atoms with van der Waals surface area (Å²) in [5, 5.41) is 0. The number of halogens is 1. The van der Waals surface area contributed by atoms with Crippen LogP contribution in [0.1, 0.15) is 62.5 Å². The van der Waals surface area contributed by atoms with Gasteiger partial charge in [0.2, 0.25) is 0 Å². The highest BCUT2D eigenvalue weighted by molar-refractivity contribution is 9.09. The zero-order valence-electron chi connectivity index (χ0n) is 10.8. The van der Waals surface area contributed by atoms with Crippen molar-refractivity contribution in [3.63, 3.8) is 0 Å². The minimum Gasteiger partial charge on any atom is -0.0891 e. The summed E-state index contributed by atoms with van der Waals surface area (Å²) < 4.78 is 0. The first-order valence-electron chi connectivity index (χ1n) is 7.03. The zero-order chi connectivity index (χ0) is 12.1. The topological polar surface area (TPSA) is 0 Å². The van der Waals surface area contributed by atoms with Gasteiger partial charge in [0.25, 0.3) is 0 Å². The maximum atomic E-state index is 3.73. The molecule has 0 saturated heterocycles. The lowest BCUT2D eigenvalue weighted by Gasteiger charge is -2.25. The summed E-state index contributed by atoms with van der Waals surface area (Å²) in [5.74, 6) is 0.830.